The van der Waals surface area contributed by atoms with Crippen LogP contribution in [0.15, 0.2) is 18.3 Å². The van der Waals surface area contributed by atoms with Crippen molar-refractivity contribution in [1.82, 2.24) is 15.2 Å². The molecule has 1 saturated heterocycles. The van der Waals surface area contributed by atoms with Gasteiger partial charge in [0.15, 0.2) is 0 Å². The summed E-state index contributed by atoms with van der Waals surface area (Å²) in [6.45, 7) is 1.44. The number of amides is 2. The average Bonchev–Trinajstić information content (AvgIpc) is 3.33. The number of hydrogen-bond acceptors (Lipinski definition) is 5. The van der Waals surface area contributed by atoms with Crippen LogP contribution < -0.4 is 10.6 Å². The molecule has 2 N–H and O–H groups in total. The van der Waals surface area contributed by atoms with E-state index >= 15 is 0 Å². The smallest absolute Gasteiger partial charge is 0.225 e. The van der Waals surface area contributed by atoms with Gasteiger partial charge in [-0.15, -0.1) is 0 Å². The molecule has 7 nitrogen and oxygen atoms in total. The summed E-state index contributed by atoms with van der Waals surface area (Å²) in [7, 11) is 0. The molecule has 1 saturated carbocycles. The Morgan fingerprint density at radius 1 is 1.43 bits per heavy atom. The van der Waals surface area contributed by atoms with Crippen LogP contribution in [0.4, 0.5) is 5.82 Å². The number of hydrogen-bond donors (Lipinski definition) is 2. The molecule has 7 heteroatoms. The Hall–Kier alpha value is -2.62. The number of rotatable bonds is 6. The van der Waals surface area contributed by atoms with Gasteiger partial charge in [-0.25, -0.2) is 4.98 Å². The van der Waals surface area contributed by atoms with Crippen LogP contribution in [0.2, 0.25) is 0 Å². The molecule has 3 rings (SSSR count). The minimum atomic E-state index is -0.243. The molecule has 1 aliphatic carbocycles. The quantitative estimate of drug-likeness (QED) is 0.745. The first-order valence-electron chi connectivity index (χ1n) is 7.85. The molecule has 1 aromatic heterocycles. The fraction of sp³-hybridized carbons (Fsp3) is 0.500. The number of anilines is 1. The summed E-state index contributed by atoms with van der Waals surface area (Å²) in [4.78, 5) is 29.9. The van der Waals surface area contributed by atoms with Crippen molar-refractivity contribution >= 4 is 17.6 Å². The summed E-state index contributed by atoms with van der Waals surface area (Å²) in [6.07, 6.45) is 4.05. The van der Waals surface area contributed by atoms with Crippen molar-refractivity contribution in [3.8, 4) is 6.07 Å². The summed E-state index contributed by atoms with van der Waals surface area (Å²) in [6, 6.07) is 5.82. The molecule has 0 unspecified atom stereocenters. The van der Waals surface area contributed by atoms with Crippen LogP contribution in [-0.4, -0.2) is 47.4 Å². The molecule has 2 aliphatic rings. The van der Waals surface area contributed by atoms with Crippen LogP contribution in [0, 0.1) is 17.2 Å². The van der Waals surface area contributed by atoms with Gasteiger partial charge in [0.1, 0.15) is 11.9 Å². The van der Waals surface area contributed by atoms with E-state index in [1.807, 2.05) is 4.90 Å². The van der Waals surface area contributed by atoms with Gasteiger partial charge in [0.05, 0.1) is 11.5 Å². The van der Waals surface area contributed by atoms with Gasteiger partial charge in [-0.05, 0) is 25.0 Å². The first-order chi connectivity index (χ1) is 11.2. The predicted octanol–water partition coefficient (Wildman–Crippen LogP) is 0.492. The summed E-state index contributed by atoms with van der Waals surface area (Å²) in [5, 5.41) is 14.8. The van der Waals surface area contributed by atoms with Crippen molar-refractivity contribution in [3.05, 3.63) is 23.9 Å². The first kappa shape index (κ1) is 15.3. The Bertz CT molecular complexity index is 650. The molecule has 2 fully saturated rings. The Morgan fingerprint density at radius 3 is 3.00 bits per heavy atom. The third-order valence-corrected chi connectivity index (χ3v) is 4.16. The Labute approximate surface area is 134 Å². The topological polar surface area (TPSA) is 98.1 Å². The largest absolute Gasteiger partial charge is 0.367 e. The highest BCUT2D eigenvalue weighted by Crippen LogP contribution is 2.32. The number of nitriles is 1. The fourth-order valence-corrected chi connectivity index (χ4v) is 2.79. The number of likely N-dealkylation sites (tertiary alicyclic amines) is 1. The van der Waals surface area contributed by atoms with Gasteiger partial charge in [0.25, 0.3) is 0 Å². The number of carbonyl (C=O) groups is 2. The lowest BCUT2D eigenvalue weighted by Crippen LogP contribution is -2.36. The second-order valence-electron chi connectivity index (χ2n) is 5.91. The maximum Gasteiger partial charge on any atom is 0.225 e. The molecule has 2 amide bonds. The normalized spacial score (nSPS) is 20.2. The van der Waals surface area contributed by atoms with E-state index in [1.54, 1.807) is 18.3 Å². The lowest BCUT2D eigenvalue weighted by Gasteiger charge is -2.15. The van der Waals surface area contributed by atoms with E-state index in [0.29, 0.717) is 43.5 Å². The van der Waals surface area contributed by atoms with Crippen molar-refractivity contribution in [1.29, 1.82) is 5.26 Å². The van der Waals surface area contributed by atoms with Gasteiger partial charge in [0, 0.05) is 38.3 Å². The van der Waals surface area contributed by atoms with Crippen molar-refractivity contribution < 1.29 is 9.59 Å². The highest BCUT2D eigenvalue weighted by atomic mass is 16.2. The highest BCUT2D eigenvalue weighted by molar-refractivity contribution is 5.89. The Balaban J connectivity index is 1.41. The van der Waals surface area contributed by atoms with Crippen molar-refractivity contribution in [2.45, 2.75) is 25.3 Å². The number of carbonyl (C=O) groups excluding carboxylic acids is 2. The van der Waals surface area contributed by atoms with Gasteiger partial charge >= 0.3 is 0 Å². The van der Waals surface area contributed by atoms with E-state index in [4.69, 9.17) is 5.26 Å². The van der Waals surface area contributed by atoms with Crippen molar-refractivity contribution in [3.63, 3.8) is 0 Å². The van der Waals surface area contributed by atoms with E-state index in [1.165, 1.54) is 0 Å². The van der Waals surface area contributed by atoms with Crippen LogP contribution in [0.1, 0.15) is 24.8 Å². The minimum Gasteiger partial charge on any atom is -0.367 e. The molecule has 1 aromatic rings. The molecule has 1 aliphatic heterocycles. The van der Waals surface area contributed by atoms with E-state index < -0.39 is 0 Å². The molecule has 23 heavy (non-hydrogen) atoms. The third-order valence-electron chi connectivity index (χ3n) is 4.16. The van der Waals surface area contributed by atoms with Crippen LogP contribution in [0.5, 0.6) is 0 Å². The summed E-state index contributed by atoms with van der Waals surface area (Å²) >= 11 is 0. The van der Waals surface area contributed by atoms with E-state index in [9.17, 15) is 9.59 Å². The molecule has 0 spiro atoms. The Kier molecular flexibility index (Phi) is 4.42. The second kappa shape index (κ2) is 6.65. The lowest BCUT2D eigenvalue weighted by atomic mass is 10.1. The van der Waals surface area contributed by atoms with Gasteiger partial charge in [-0.1, -0.05) is 0 Å². The number of nitrogens with zero attached hydrogens (tertiary/aromatic N) is 3. The zero-order chi connectivity index (χ0) is 16.2. The predicted molar refractivity (Wildman–Crippen MR) is 83.3 cm³/mol. The van der Waals surface area contributed by atoms with Gasteiger partial charge in [-0.3, -0.25) is 9.59 Å². The molecular weight excluding hydrogens is 294 g/mol. The SMILES string of the molecule is N#Cc1cccnc1NCCNC(=O)[C@@H]1CC(=O)N(C2CC2)C1. The molecular formula is C16H19N5O2. The van der Waals surface area contributed by atoms with E-state index in [-0.39, 0.29) is 17.7 Å². The minimum absolute atomic E-state index is 0.0789. The molecule has 1 atom stereocenters. The molecule has 0 bridgehead atoms. The van der Waals surface area contributed by atoms with Crippen LogP contribution in [0.3, 0.4) is 0 Å². The van der Waals surface area contributed by atoms with E-state index in [0.717, 1.165) is 12.8 Å². The first-order valence-corrected chi connectivity index (χ1v) is 7.85. The monoisotopic (exact) mass is 313 g/mol. The second-order valence-corrected chi connectivity index (χ2v) is 5.91. The summed E-state index contributed by atoms with van der Waals surface area (Å²) < 4.78 is 0. The van der Waals surface area contributed by atoms with Gasteiger partial charge in [-0.2, -0.15) is 5.26 Å². The molecule has 0 aromatic carbocycles. The maximum atomic E-state index is 12.1. The van der Waals surface area contributed by atoms with Crippen LogP contribution in [-0.2, 0) is 9.59 Å². The number of pyridine rings is 1. The van der Waals surface area contributed by atoms with Crippen LogP contribution >= 0.6 is 0 Å². The van der Waals surface area contributed by atoms with Crippen molar-refractivity contribution in [2.24, 2.45) is 5.92 Å². The molecule has 120 valence electrons. The highest BCUT2D eigenvalue weighted by Gasteiger charge is 2.41. The van der Waals surface area contributed by atoms with Gasteiger partial charge < -0.3 is 15.5 Å². The average molecular weight is 313 g/mol. The number of aromatic nitrogens is 1. The van der Waals surface area contributed by atoms with Crippen LogP contribution in [0.25, 0.3) is 0 Å². The maximum absolute atomic E-state index is 12.1. The Morgan fingerprint density at radius 2 is 2.26 bits per heavy atom. The molecule has 2 heterocycles. The standard InChI is InChI=1S/C16H19N5O2/c17-9-11-2-1-5-18-15(11)19-6-7-20-16(23)12-8-14(22)21(10-12)13-3-4-13/h1-2,5,12-13H,3-4,6-8,10H2,(H,18,19)(H,20,23)/t12-/m1/s1. The summed E-state index contributed by atoms with van der Waals surface area (Å²) in [5.74, 6) is 0.288. The third kappa shape index (κ3) is 3.59. The summed E-state index contributed by atoms with van der Waals surface area (Å²) in [5.41, 5.74) is 0.472. The van der Waals surface area contributed by atoms with E-state index in [2.05, 4.69) is 21.7 Å². The van der Waals surface area contributed by atoms with Gasteiger partial charge in [0.2, 0.25) is 11.8 Å². The molecule has 0 radical (unpaired) electrons. The zero-order valence-electron chi connectivity index (χ0n) is 12.8. The fourth-order valence-electron chi connectivity index (χ4n) is 2.79. The number of nitrogens with one attached hydrogen (secondary N) is 2. The van der Waals surface area contributed by atoms with Crippen molar-refractivity contribution in [2.75, 3.05) is 25.0 Å². The zero-order valence-corrected chi connectivity index (χ0v) is 12.8. The lowest BCUT2D eigenvalue weighted by molar-refractivity contribution is -0.129.